The molecule has 0 heterocycles. The van der Waals surface area contributed by atoms with E-state index in [0.717, 1.165) is 5.56 Å². The quantitative estimate of drug-likeness (QED) is 0.750. The van der Waals surface area contributed by atoms with Gasteiger partial charge in [0.05, 0.1) is 0 Å². The Hall–Kier alpha value is -1.81. The average molecular weight is 310 g/mol. The van der Waals surface area contributed by atoms with Crippen molar-refractivity contribution in [3.05, 3.63) is 47.5 Å². The lowest BCUT2D eigenvalue weighted by atomic mass is 10.0. The highest BCUT2D eigenvalue weighted by Crippen LogP contribution is 2.18. The molecule has 1 aromatic carbocycles. The van der Waals surface area contributed by atoms with Gasteiger partial charge in [-0.05, 0) is 30.9 Å². The first-order valence-electron chi connectivity index (χ1n) is 6.80. The van der Waals surface area contributed by atoms with Crippen molar-refractivity contribution in [3.8, 4) is 0 Å². The zero-order valence-corrected chi connectivity index (χ0v) is 12.8. The molecule has 0 fully saturated rings. The number of allylic oxidation sites excluding steroid dienone is 1. The number of hydrogen-bond acceptors (Lipinski definition) is 2. The number of aliphatic carboxylic acids is 1. The Morgan fingerprint density at radius 1 is 1.43 bits per heavy atom. The summed E-state index contributed by atoms with van der Waals surface area (Å²) >= 11 is 6.06. The fraction of sp³-hybridized carbons (Fsp3) is 0.375. The molecule has 0 saturated heterocycles. The van der Waals surface area contributed by atoms with E-state index in [1.54, 1.807) is 12.1 Å². The zero-order chi connectivity index (χ0) is 15.8. The van der Waals surface area contributed by atoms with Crippen LogP contribution in [0.3, 0.4) is 0 Å². The van der Waals surface area contributed by atoms with Gasteiger partial charge in [0.2, 0.25) is 5.91 Å². The van der Waals surface area contributed by atoms with Crippen LogP contribution in [-0.2, 0) is 16.0 Å². The summed E-state index contributed by atoms with van der Waals surface area (Å²) in [6.07, 6.45) is 3.30. The monoisotopic (exact) mass is 309 g/mol. The second-order valence-corrected chi connectivity index (χ2v) is 5.22. The summed E-state index contributed by atoms with van der Waals surface area (Å²) in [5.74, 6) is -1.20. The number of aryl methyl sites for hydroxylation is 1. The second kappa shape index (κ2) is 8.47. The molecule has 21 heavy (non-hydrogen) atoms. The van der Waals surface area contributed by atoms with Gasteiger partial charge in [0.15, 0.2) is 0 Å². The van der Waals surface area contributed by atoms with E-state index in [0.29, 0.717) is 24.3 Å². The number of carbonyl (C=O) groups is 2. The number of hydrogen-bond donors (Lipinski definition) is 1. The normalized spacial score (nSPS) is 11.7. The standard InChI is InChI=1S/C16H20ClNO3/c1-3-4-9-15(19)18(2)14(16(20)21)11-10-12-7-5-6-8-13(12)17/h3,5-8,14H,1,4,9-11H2,2H3,(H,20,21). The number of benzene rings is 1. The van der Waals surface area contributed by atoms with Crippen LogP contribution in [0.1, 0.15) is 24.8 Å². The number of carbonyl (C=O) groups excluding carboxylic acids is 1. The summed E-state index contributed by atoms with van der Waals surface area (Å²) in [7, 11) is 1.52. The molecule has 0 saturated carbocycles. The summed E-state index contributed by atoms with van der Waals surface area (Å²) in [5, 5.41) is 9.93. The summed E-state index contributed by atoms with van der Waals surface area (Å²) in [4.78, 5) is 24.6. The van der Waals surface area contributed by atoms with E-state index >= 15 is 0 Å². The average Bonchev–Trinajstić information content (AvgIpc) is 2.46. The van der Waals surface area contributed by atoms with Crippen LogP contribution in [0.4, 0.5) is 0 Å². The summed E-state index contributed by atoms with van der Waals surface area (Å²) in [6.45, 7) is 3.56. The SMILES string of the molecule is C=CCCC(=O)N(C)C(CCc1ccccc1Cl)C(=O)O. The predicted octanol–water partition coefficient (Wildman–Crippen LogP) is 3.15. The molecule has 1 atom stereocenters. The van der Waals surface area contributed by atoms with Crippen molar-refractivity contribution in [1.29, 1.82) is 0 Å². The molecular weight excluding hydrogens is 290 g/mol. The van der Waals surface area contributed by atoms with E-state index in [1.165, 1.54) is 11.9 Å². The number of amides is 1. The fourth-order valence-electron chi connectivity index (χ4n) is 2.05. The lowest BCUT2D eigenvalue weighted by Gasteiger charge is -2.25. The van der Waals surface area contributed by atoms with E-state index in [1.807, 2.05) is 18.2 Å². The first-order valence-corrected chi connectivity index (χ1v) is 7.18. The van der Waals surface area contributed by atoms with Gasteiger partial charge in [-0.15, -0.1) is 6.58 Å². The Kier molecular flexibility index (Phi) is 6.96. The number of nitrogens with zero attached hydrogens (tertiary/aromatic N) is 1. The molecule has 0 bridgehead atoms. The molecule has 0 aliphatic heterocycles. The maximum absolute atomic E-state index is 11.9. The number of carboxylic acids is 1. The summed E-state index contributed by atoms with van der Waals surface area (Å²) in [5.41, 5.74) is 0.886. The minimum Gasteiger partial charge on any atom is -0.480 e. The minimum absolute atomic E-state index is 0.193. The van der Waals surface area contributed by atoms with Crippen molar-refractivity contribution in [1.82, 2.24) is 4.90 Å². The Bertz CT molecular complexity index is 516. The van der Waals surface area contributed by atoms with Gasteiger partial charge in [0, 0.05) is 18.5 Å². The lowest BCUT2D eigenvalue weighted by molar-refractivity contribution is -0.149. The number of rotatable bonds is 8. The molecule has 0 radical (unpaired) electrons. The number of halogens is 1. The molecule has 5 heteroatoms. The van der Waals surface area contributed by atoms with Gasteiger partial charge in [-0.3, -0.25) is 4.79 Å². The molecule has 4 nitrogen and oxygen atoms in total. The van der Waals surface area contributed by atoms with Crippen LogP contribution < -0.4 is 0 Å². The van der Waals surface area contributed by atoms with Gasteiger partial charge in [-0.1, -0.05) is 35.9 Å². The van der Waals surface area contributed by atoms with Crippen LogP contribution in [0.5, 0.6) is 0 Å². The Morgan fingerprint density at radius 2 is 2.10 bits per heavy atom. The molecule has 1 aromatic rings. The Labute approximate surface area is 130 Å². The molecule has 1 rings (SSSR count). The molecule has 1 amide bonds. The van der Waals surface area contributed by atoms with Gasteiger partial charge in [-0.25, -0.2) is 4.79 Å². The van der Waals surface area contributed by atoms with Crippen molar-refractivity contribution in [2.45, 2.75) is 31.7 Å². The molecule has 0 aliphatic rings. The van der Waals surface area contributed by atoms with Crippen LogP contribution >= 0.6 is 11.6 Å². The number of likely N-dealkylation sites (N-methyl/N-ethyl adjacent to an activating group) is 1. The van der Waals surface area contributed by atoms with E-state index in [2.05, 4.69) is 6.58 Å². The molecule has 114 valence electrons. The fourth-order valence-corrected chi connectivity index (χ4v) is 2.28. The van der Waals surface area contributed by atoms with Crippen LogP contribution in [0, 0.1) is 0 Å². The maximum Gasteiger partial charge on any atom is 0.326 e. The van der Waals surface area contributed by atoms with Crippen molar-refractivity contribution >= 4 is 23.5 Å². The van der Waals surface area contributed by atoms with Gasteiger partial charge in [0.1, 0.15) is 6.04 Å². The first kappa shape index (κ1) is 17.2. The van der Waals surface area contributed by atoms with Crippen molar-refractivity contribution in [3.63, 3.8) is 0 Å². The Balaban J connectivity index is 2.69. The van der Waals surface area contributed by atoms with Crippen LogP contribution in [0.25, 0.3) is 0 Å². The molecule has 1 N–H and O–H groups in total. The third kappa shape index (κ3) is 5.23. The predicted molar refractivity (Wildman–Crippen MR) is 83.4 cm³/mol. The summed E-state index contributed by atoms with van der Waals surface area (Å²) in [6, 6.07) is 6.46. The van der Waals surface area contributed by atoms with Crippen LogP contribution in [0.2, 0.25) is 5.02 Å². The van der Waals surface area contributed by atoms with Crippen LogP contribution in [-0.4, -0.2) is 35.0 Å². The molecule has 0 spiro atoms. The van der Waals surface area contributed by atoms with Gasteiger partial charge < -0.3 is 10.0 Å². The van der Waals surface area contributed by atoms with E-state index in [4.69, 9.17) is 11.6 Å². The summed E-state index contributed by atoms with van der Waals surface area (Å²) < 4.78 is 0. The van der Waals surface area contributed by atoms with Gasteiger partial charge in [-0.2, -0.15) is 0 Å². The highest BCUT2D eigenvalue weighted by atomic mass is 35.5. The molecule has 0 aromatic heterocycles. The van der Waals surface area contributed by atoms with E-state index in [-0.39, 0.29) is 12.3 Å². The highest BCUT2D eigenvalue weighted by molar-refractivity contribution is 6.31. The second-order valence-electron chi connectivity index (χ2n) is 4.82. The highest BCUT2D eigenvalue weighted by Gasteiger charge is 2.25. The minimum atomic E-state index is -1.00. The third-order valence-corrected chi connectivity index (χ3v) is 3.72. The topological polar surface area (TPSA) is 57.6 Å². The van der Waals surface area contributed by atoms with Gasteiger partial charge in [0.25, 0.3) is 0 Å². The van der Waals surface area contributed by atoms with Crippen LogP contribution in [0.15, 0.2) is 36.9 Å². The first-order chi connectivity index (χ1) is 9.97. The van der Waals surface area contributed by atoms with E-state index < -0.39 is 12.0 Å². The maximum atomic E-state index is 11.9. The van der Waals surface area contributed by atoms with Crippen molar-refractivity contribution < 1.29 is 14.7 Å². The molecular formula is C16H20ClNO3. The van der Waals surface area contributed by atoms with E-state index in [9.17, 15) is 14.7 Å². The van der Waals surface area contributed by atoms with Crippen molar-refractivity contribution in [2.24, 2.45) is 0 Å². The van der Waals surface area contributed by atoms with Gasteiger partial charge >= 0.3 is 5.97 Å². The zero-order valence-electron chi connectivity index (χ0n) is 12.1. The lowest BCUT2D eigenvalue weighted by Crippen LogP contribution is -2.42. The third-order valence-electron chi connectivity index (χ3n) is 3.35. The largest absolute Gasteiger partial charge is 0.480 e. The smallest absolute Gasteiger partial charge is 0.326 e. The Morgan fingerprint density at radius 3 is 2.67 bits per heavy atom. The van der Waals surface area contributed by atoms with Crippen molar-refractivity contribution in [2.75, 3.05) is 7.05 Å². The number of carboxylic acid groups (broad SMARTS) is 1. The molecule has 1 unspecified atom stereocenters. The molecule has 0 aliphatic carbocycles.